The molecule has 1 fully saturated rings. The summed E-state index contributed by atoms with van der Waals surface area (Å²) in [6.45, 7) is 2.28. The standard InChI is InChI=1S/C12H17NS/c1-9(10-6-7-10)13-11-4-3-5-12(8-11)14-2/h3-5,8-10,13H,6-7H2,1-2H3/t9-/m0/s1. The Bertz CT molecular complexity index is 307. The fraction of sp³-hybridized carbons (Fsp3) is 0.500. The lowest BCUT2D eigenvalue weighted by Gasteiger charge is -2.14. The van der Waals surface area contributed by atoms with E-state index in [2.05, 4.69) is 42.8 Å². The van der Waals surface area contributed by atoms with Crippen LogP contribution in [0.25, 0.3) is 0 Å². The zero-order chi connectivity index (χ0) is 9.97. The van der Waals surface area contributed by atoms with Gasteiger partial charge in [-0.3, -0.25) is 0 Å². The molecule has 2 heteroatoms. The van der Waals surface area contributed by atoms with E-state index in [-0.39, 0.29) is 0 Å². The van der Waals surface area contributed by atoms with Gasteiger partial charge in [0.25, 0.3) is 0 Å². The Kier molecular flexibility index (Phi) is 3.02. The Hall–Kier alpha value is -0.630. The SMILES string of the molecule is CSc1cccc(N[C@@H](C)C2CC2)c1. The van der Waals surface area contributed by atoms with Crippen molar-refractivity contribution in [3.05, 3.63) is 24.3 Å². The summed E-state index contributed by atoms with van der Waals surface area (Å²) in [5.74, 6) is 0.910. The van der Waals surface area contributed by atoms with Crippen LogP contribution in [-0.4, -0.2) is 12.3 Å². The van der Waals surface area contributed by atoms with Crippen molar-refractivity contribution in [3.8, 4) is 0 Å². The molecule has 0 bridgehead atoms. The minimum atomic E-state index is 0.632. The van der Waals surface area contributed by atoms with Crippen LogP contribution in [0, 0.1) is 5.92 Å². The second-order valence-corrected chi connectivity index (χ2v) is 4.88. The Morgan fingerprint density at radius 1 is 1.43 bits per heavy atom. The summed E-state index contributed by atoms with van der Waals surface area (Å²) >= 11 is 1.79. The van der Waals surface area contributed by atoms with E-state index in [1.165, 1.54) is 23.4 Å². The number of hydrogen-bond donors (Lipinski definition) is 1. The third kappa shape index (κ3) is 2.44. The predicted molar refractivity (Wildman–Crippen MR) is 64.0 cm³/mol. The highest BCUT2D eigenvalue weighted by atomic mass is 32.2. The van der Waals surface area contributed by atoms with Gasteiger partial charge in [0.2, 0.25) is 0 Å². The van der Waals surface area contributed by atoms with Crippen LogP contribution in [-0.2, 0) is 0 Å². The quantitative estimate of drug-likeness (QED) is 0.757. The van der Waals surface area contributed by atoms with Gasteiger partial charge in [-0.05, 0) is 50.1 Å². The van der Waals surface area contributed by atoms with Crippen LogP contribution in [0.2, 0.25) is 0 Å². The summed E-state index contributed by atoms with van der Waals surface area (Å²) in [5.41, 5.74) is 1.26. The average molecular weight is 207 g/mol. The predicted octanol–water partition coefficient (Wildman–Crippen LogP) is 3.62. The van der Waals surface area contributed by atoms with Crippen LogP contribution < -0.4 is 5.32 Å². The second-order valence-electron chi connectivity index (χ2n) is 4.00. The molecule has 1 aromatic carbocycles. The summed E-state index contributed by atoms with van der Waals surface area (Å²) in [7, 11) is 0. The Morgan fingerprint density at radius 2 is 2.21 bits per heavy atom. The molecule has 1 atom stereocenters. The maximum atomic E-state index is 3.57. The number of hydrogen-bond acceptors (Lipinski definition) is 2. The van der Waals surface area contributed by atoms with Crippen molar-refractivity contribution in [1.29, 1.82) is 0 Å². The Morgan fingerprint density at radius 3 is 2.86 bits per heavy atom. The number of anilines is 1. The molecule has 0 radical (unpaired) electrons. The molecule has 0 aliphatic heterocycles. The van der Waals surface area contributed by atoms with Gasteiger partial charge in [0.05, 0.1) is 0 Å². The fourth-order valence-corrected chi connectivity index (χ4v) is 2.15. The largest absolute Gasteiger partial charge is 0.382 e. The van der Waals surface area contributed by atoms with Crippen molar-refractivity contribution in [1.82, 2.24) is 0 Å². The van der Waals surface area contributed by atoms with Crippen LogP contribution in [0.1, 0.15) is 19.8 Å². The smallest absolute Gasteiger partial charge is 0.0353 e. The molecule has 1 saturated carbocycles. The van der Waals surface area contributed by atoms with E-state index in [1.807, 2.05) is 0 Å². The van der Waals surface area contributed by atoms with Gasteiger partial charge < -0.3 is 5.32 Å². The molecule has 0 amide bonds. The van der Waals surface area contributed by atoms with Gasteiger partial charge in [-0.1, -0.05) is 6.07 Å². The number of nitrogens with one attached hydrogen (secondary N) is 1. The van der Waals surface area contributed by atoms with Gasteiger partial charge in [0, 0.05) is 16.6 Å². The van der Waals surface area contributed by atoms with E-state index in [4.69, 9.17) is 0 Å². The molecule has 1 nitrogen and oxygen atoms in total. The molecule has 76 valence electrons. The van der Waals surface area contributed by atoms with E-state index in [1.54, 1.807) is 11.8 Å². The Labute approximate surface area is 90.3 Å². The molecule has 0 aromatic heterocycles. The fourth-order valence-electron chi connectivity index (χ4n) is 1.69. The van der Waals surface area contributed by atoms with Crippen LogP contribution in [0.3, 0.4) is 0 Å². The lowest BCUT2D eigenvalue weighted by molar-refractivity contribution is 0.694. The number of benzene rings is 1. The lowest BCUT2D eigenvalue weighted by Crippen LogP contribution is -2.16. The molecule has 1 N–H and O–H groups in total. The number of rotatable bonds is 4. The number of thioether (sulfide) groups is 1. The van der Waals surface area contributed by atoms with Crippen molar-refractivity contribution in [2.24, 2.45) is 5.92 Å². The van der Waals surface area contributed by atoms with Gasteiger partial charge in [0.15, 0.2) is 0 Å². The monoisotopic (exact) mass is 207 g/mol. The first-order valence-corrected chi connectivity index (χ1v) is 6.42. The summed E-state index contributed by atoms with van der Waals surface area (Å²) < 4.78 is 0. The van der Waals surface area contributed by atoms with Crippen LogP contribution in [0.5, 0.6) is 0 Å². The summed E-state index contributed by atoms with van der Waals surface area (Å²) in [6, 6.07) is 9.28. The zero-order valence-corrected chi connectivity index (χ0v) is 9.60. The average Bonchev–Trinajstić information content (AvgIpc) is 3.01. The Balaban J connectivity index is 2.00. The van der Waals surface area contributed by atoms with Crippen molar-refractivity contribution in [2.45, 2.75) is 30.7 Å². The summed E-state index contributed by atoms with van der Waals surface area (Å²) in [5, 5.41) is 3.57. The van der Waals surface area contributed by atoms with E-state index in [0.29, 0.717) is 6.04 Å². The third-order valence-corrected chi connectivity index (χ3v) is 3.52. The third-order valence-electron chi connectivity index (χ3n) is 2.79. The molecule has 2 rings (SSSR count). The molecular formula is C12H17NS. The first-order chi connectivity index (χ1) is 6.79. The van der Waals surface area contributed by atoms with Gasteiger partial charge in [-0.25, -0.2) is 0 Å². The lowest BCUT2D eigenvalue weighted by atomic mass is 10.2. The van der Waals surface area contributed by atoms with Gasteiger partial charge >= 0.3 is 0 Å². The molecule has 0 spiro atoms. The topological polar surface area (TPSA) is 12.0 Å². The van der Waals surface area contributed by atoms with E-state index >= 15 is 0 Å². The molecule has 1 aromatic rings. The van der Waals surface area contributed by atoms with Gasteiger partial charge in [-0.2, -0.15) is 0 Å². The van der Waals surface area contributed by atoms with Crippen LogP contribution in [0.4, 0.5) is 5.69 Å². The van der Waals surface area contributed by atoms with E-state index in [0.717, 1.165) is 5.92 Å². The minimum Gasteiger partial charge on any atom is -0.382 e. The molecule has 1 aliphatic rings. The van der Waals surface area contributed by atoms with E-state index in [9.17, 15) is 0 Å². The summed E-state index contributed by atoms with van der Waals surface area (Å²) in [4.78, 5) is 1.33. The highest BCUT2D eigenvalue weighted by Gasteiger charge is 2.27. The van der Waals surface area contributed by atoms with Gasteiger partial charge in [0.1, 0.15) is 0 Å². The molecule has 0 heterocycles. The second kappa shape index (κ2) is 4.26. The van der Waals surface area contributed by atoms with Crippen molar-refractivity contribution in [3.63, 3.8) is 0 Å². The molecule has 0 saturated heterocycles. The van der Waals surface area contributed by atoms with Crippen LogP contribution in [0.15, 0.2) is 29.2 Å². The van der Waals surface area contributed by atoms with Gasteiger partial charge in [-0.15, -0.1) is 11.8 Å². The highest BCUT2D eigenvalue weighted by molar-refractivity contribution is 7.98. The van der Waals surface area contributed by atoms with Crippen LogP contribution >= 0.6 is 11.8 Å². The molecule has 14 heavy (non-hydrogen) atoms. The van der Waals surface area contributed by atoms with Crippen molar-refractivity contribution >= 4 is 17.4 Å². The molecule has 1 aliphatic carbocycles. The maximum absolute atomic E-state index is 3.57. The van der Waals surface area contributed by atoms with E-state index < -0.39 is 0 Å². The van der Waals surface area contributed by atoms with Crippen molar-refractivity contribution < 1.29 is 0 Å². The van der Waals surface area contributed by atoms with Crippen molar-refractivity contribution in [2.75, 3.05) is 11.6 Å². The first-order valence-electron chi connectivity index (χ1n) is 5.20. The maximum Gasteiger partial charge on any atom is 0.0353 e. The normalized spacial score (nSPS) is 17.9. The highest BCUT2D eigenvalue weighted by Crippen LogP contribution is 2.34. The molecule has 0 unspecified atom stereocenters. The zero-order valence-electron chi connectivity index (χ0n) is 8.79. The molecular weight excluding hydrogens is 190 g/mol. The first kappa shape index (κ1) is 9.91. The minimum absolute atomic E-state index is 0.632. The summed E-state index contributed by atoms with van der Waals surface area (Å²) in [6.07, 6.45) is 4.91.